The van der Waals surface area contributed by atoms with E-state index in [9.17, 15) is 4.79 Å². The molecule has 144 valence electrons. The molecule has 4 heterocycles. The highest BCUT2D eigenvalue weighted by Crippen LogP contribution is 2.25. The fourth-order valence-electron chi connectivity index (χ4n) is 3.07. The third-order valence-corrected chi connectivity index (χ3v) is 5.32. The molecular weight excluding hydrogens is 374 g/mol. The van der Waals surface area contributed by atoms with Crippen LogP contribution in [0, 0.1) is 0 Å². The molecule has 1 aliphatic heterocycles. The number of nitrogens with one attached hydrogen (secondary N) is 2. The molecule has 2 N–H and O–H groups in total. The van der Waals surface area contributed by atoms with Gasteiger partial charge >= 0.3 is 0 Å². The summed E-state index contributed by atoms with van der Waals surface area (Å²) in [5, 5.41) is 8.91. The van der Waals surface area contributed by atoms with Crippen LogP contribution in [0.2, 0.25) is 0 Å². The maximum absolute atomic E-state index is 12.6. The van der Waals surface area contributed by atoms with Gasteiger partial charge in [-0.15, -0.1) is 11.3 Å². The standard InChI is InChI=1S/C19H21N7OS/c1-13-11-20-6-8-26(13)12-17(27)24-16-10-15(19-22-7-9-28-19)23-18(25-16)14-4-2-3-5-21-14/h2-5,7,9-10,13,20H,6,8,11-12H2,1H3,(H,23,24,25,27). The summed E-state index contributed by atoms with van der Waals surface area (Å²) in [6.07, 6.45) is 3.42. The summed E-state index contributed by atoms with van der Waals surface area (Å²) in [7, 11) is 0. The molecule has 1 saturated heterocycles. The zero-order valence-electron chi connectivity index (χ0n) is 15.5. The number of piperazine rings is 1. The number of carbonyl (C=O) groups is 1. The summed E-state index contributed by atoms with van der Waals surface area (Å²) in [4.78, 5) is 32.5. The van der Waals surface area contributed by atoms with E-state index < -0.39 is 0 Å². The van der Waals surface area contributed by atoms with Crippen molar-refractivity contribution in [2.45, 2.75) is 13.0 Å². The average Bonchev–Trinajstić information content (AvgIpc) is 3.25. The Morgan fingerprint density at radius 2 is 2.21 bits per heavy atom. The smallest absolute Gasteiger partial charge is 0.239 e. The van der Waals surface area contributed by atoms with Crippen molar-refractivity contribution in [1.29, 1.82) is 0 Å². The molecule has 0 saturated carbocycles. The monoisotopic (exact) mass is 395 g/mol. The predicted octanol–water partition coefficient (Wildman–Crippen LogP) is 1.89. The van der Waals surface area contributed by atoms with Gasteiger partial charge in [-0.1, -0.05) is 6.07 Å². The third-order valence-electron chi connectivity index (χ3n) is 4.52. The van der Waals surface area contributed by atoms with E-state index in [4.69, 9.17) is 0 Å². The molecular formula is C19H21N7OS. The maximum Gasteiger partial charge on any atom is 0.239 e. The fraction of sp³-hybridized carbons (Fsp3) is 0.316. The quantitative estimate of drug-likeness (QED) is 0.681. The molecule has 1 amide bonds. The number of thiazole rings is 1. The summed E-state index contributed by atoms with van der Waals surface area (Å²) in [5.41, 5.74) is 1.31. The SMILES string of the molecule is CC1CNCCN1CC(=O)Nc1cc(-c2nccs2)nc(-c2ccccn2)n1. The first kappa shape index (κ1) is 18.6. The zero-order valence-corrected chi connectivity index (χ0v) is 16.3. The van der Waals surface area contributed by atoms with E-state index in [2.05, 4.69) is 42.4 Å². The second-order valence-electron chi connectivity index (χ2n) is 6.59. The summed E-state index contributed by atoms with van der Waals surface area (Å²) in [5.74, 6) is 0.817. The minimum atomic E-state index is -0.0930. The molecule has 0 aromatic carbocycles. The van der Waals surface area contributed by atoms with Gasteiger partial charge in [-0.05, 0) is 19.1 Å². The molecule has 1 fully saturated rings. The van der Waals surface area contributed by atoms with E-state index in [-0.39, 0.29) is 5.91 Å². The highest BCUT2D eigenvalue weighted by Gasteiger charge is 2.21. The van der Waals surface area contributed by atoms with Crippen LogP contribution in [-0.2, 0) is 4.79 Å². The Balaban J connectivity index is 1.59. The van der Waals surface area contributed by atoms with E-state index in [1.807, 2.05) is 23.6 Å². The topological polar surface area (TPSA) is 95.9 Å². The van der Waals surface area contributed by atoms with Gasteiger partial charge in [0.15, 0.2) is 5.82 Å². The van der Waals surface area contributed by atoms with Gasteiger partial charge in [-0.2, -0.15) is 0 Å². The summed E-state index contributed by atoms with van der Waals surface area (Å²) in [6.45, 7) is 5.08. The molecule has 1 unspecified atom stereocenters. The van der Waals surface area contributed by atoms with Crippen molar-refractivity contribution in [3.05, 3.63) is 42.0 Å². The molecule has 3 aromatic heterocycles. The van der Waals surface area contributed by atoms with Gasteiger partial charge in [-0.3, -0.25) is 14.7 Å². The van der Waals surface area contributed by atoms with Crippen LogP contribution in [0.4, 0.5) is 5.82 Å². The lowest BCUT2D eigenvalue weighted by Crippen LogP contribution is -2.52. The molecule has 28 heavy (non-hydrogen) atoms. The number of aromatic nitrogens is 4. The van der Waals surface area contributed by atoms with Crippen LogP contribution in [0.3, 0.4) is 0 Å². The van der Waals surface area contributed by atoms with Crippen LogP contribution in [0.15, 0.2) is 42.0 Å². The molecule has 1 atom stereocenters. The Kier molecular flexibility index (Phi) is 5.65. The fourth-order valence-corrected chi connectivity index (χ4v) is 3.66. The first-order valence-corrected chi connectivity index (χ1v) is 10.0. The van der Waals surface area contributed by atoms with Crippen LogP contribution < -0.4 is 10.6 Å². The average molecular weight is 395 g/mol. The number of amides is 1. The van der Waals surface area contributed by atoms with E-state index >= 15 is 0 Å². The number of nitrogens with zero attached hydrogens (tertiary/aromatic N) is 5. The minimum absolute atomic E-state index is 0.0930. The molecule has 0 radical (unpaired) electrons. The number of rotatable bonds is 5. The van der Waals surface area contributed by atoms with Crippen molar-refractivity contribution in [2.24, 2.45) is 0 Å². The molecule has 1 aliphatic rings. The predicted molar refractivity (Wildman–Crippen MR) is 109 cm³/mol. The molecule has 8 nitrogen and oxygen atoms in total. The summed E-state index contributed by atoms with van der Waals surface area (Å²) in [6, 6.07) is 7.64. The van der Waals surface area contributed by atoms with Crippen molar-refractivity contribution in [3.8, 4) is 22.2 Å². The Hall–Kier alpha value is -2.75. The number of hydrogen-bond donors (Lipinski definition) is 2. The number of hydrogen-bond acceptors (Lipinski definition) is 8. The molecule has 0 bridgehead atoms. The van der Waals surface area contributed by atoms with Crippen LogP contribution in [0.5, 0.6) is 0 Å². The zero-order chi connectivity index (χ0) is 19.3. The van der Waals surface area contributed by atoms with Gasteiger partial charge in [0.05, 0.1) is 6.54 Å². The second-order valence-corrected chi connectivity index (χ2v) is 7.48. The second kappa shape index (κ2) is 8.51. The summed E-state index contributed by atoms with van der Waals surface area (Å²) >= 11 is 1.49. The van der Waals surface area contributed by atoms with Crippen LogP contribution in [0.1, 0.15) is 6.92 Å². The highest BCUT2D eigenvalue weighted by molar-refractivity contribution is 7.13. The summed E-state index contributed by atoms with van der Waals surface area (Å²) < 4.78 is 0. The van der Waals surface area contributed by atoms with Gasteiger partial charge in [0, 0.05) is 49.5 Å². The normalized spacial score (nSPS) is 17.4. The molecule has 0 aliphatic carbocycles. The van der Waals surface area contributed by atoms with E-state index in [0.29, 0.717) is 35.6 Å². The van der Waals surface area contributed by atoms with E-state index in [0.717, 1.165) is 24.6 Å². The molecule has 3 aromatic rings. The van der Waals surface area contributed by atoms with Gasteiger partial charge in [0.1, 0.15) is 22.2 Å². The Morgan fingerprint density at radius 3 is 2.96 bits per heavy atom. The maximum atomic E-state index is 12.6. The van der Waals surface area contributed by atoms with Crippen molar-refractivity contribution in [1.82, 2.24) is 30.2 Å². The highest BCUT2D eigenvalue weighted by atomic mass is 32.1. The third kappa shape index (κ3) is 4.38. The lowest BCUT2D eigenvalue weighted by molar-refractivity contribution is -0.118. The van der Waals surface area contributed by atoms with Crippen molar-refractivity contribution < 1.29 is 4.79 Å². The molecule has 0 spiro atoms. The lowest BCUT2D eigenvalue weighted by atomic mass is 10.2. The first-order chi connectivity index (χ1) is 13.7. The minimum Gasteiger partial charge on any atom is -0.314 e. The Bertz CT molecular complexity index is 933. The van der Waals surface area contributed by atoms with Gasteiger partial charge in [0.2, 0.25) is 5.91 Å². The number of pyridine rings is 1. The van der Waals surface area contributed by atoms with E-state index in [1.165, 1.54) is 11.3 Å². The largest absolute Gasteiger partial charge is 0.314 e. The van der Waals surface area contributed by atoms with Crippen LogP contribution in [0.25, 0.3) is 22.2 Å². The Morgan fingerprint density at radius 1 is 1.29 bits per heavy atom. The van der Waals surface area contributed by atoms with Gasteiger partial charge < -0.3 is 10.6 Å². The first-order valence-electron chi connectivity index (χ1n) is 9.14. The van der Waals surface area contributed by atoms with E-state index in [1.54, 1.807) is 18.5 Å². The van der Waals surface area contributed by atoms with Crippen LogP contribution >= 0.6 is 11.3 Å². The lowest BCUT2D eigenvalue weighted by Gasteiger charge is -2.33. The Labute approximate surface area is 167 Å². The van der Waals surface area contributed by atoms with Crippen molar-refractivity contribution in [2.75, 3.05) is 31.5 Å². The number of carbonyl (C=O) groups excluding carboxylic acids is 1. The van der Waals surface area contributed by atoms with Crippen LogP contribution in [-0.4, -0.2) is 63.0 Å². The van der Waals surface area contributed by atoms with Crippen molar-refractivity contribution >= 4 is 23.1 Å². The van der Waals surface area contributed by atoms with Gasteiger partial charge in [-0.25, -0.2) is 15.0 Å². The van der Waals surface area contributed by atoms with Crippen molar-refractivity contribution in [3.63, 3.8) is 0 Å². The van der Waals surface area contributed by atoms with Gasteiger partial charge in [0.25, 0.3) is 0 Å². The molecule has 9 heteroatoms. The number of anilines is 1. The molecule has 4 rings (SSSR count).